The van der Waals surface area contributed by atoms with Crippen LogP contribution in [-0.4, -0.2) is 48.2 Å². The van der Waals surface area contributed by atoms with E-state index in [0.29, 0.717) is 13.2 Å². The van der Waals surface area contributed by atoms with Gasteiger partial charge in [-0.3, -0.25) is 0 Å². The predicted octanol–water partition coefficient (Wildman–Crippen LogP) is 2.62. The van der Waals surface area contributed by atoms with Crippen LogP contribution in [0, 0.1) is 0 Å². The van der Waals surface area contributed by atoms with Gasteiger partial charge in [0.25, 0.3) is 0 Å². The van der Waals surface area contributed by atoms with Crippen LogP contribution in [0.5, 0.6) is 0 Å². The van der Waals surface area contributed by atoms with Gasteiger partial charge in [0.2, 0.25) is 0 Å². The van der Waals surface area contributed by atoms with E-state index >= 15 is 0 Å². The molecule has 126 valence electrons. The van der Waals surface area contributed by atoms with Crippen molar-refractivity contribution in [2.75, 3.05) is 19.8 Å². The monoisotopic (exact) mass is 301 g/mol. The van der Waals surface area contributed by atoms with E-state index in [1.54, 1.807) is 0 Å². The van der Waals surface area contributed by atoms with E-state index in [-0.39, 0.29) is 12.1 Å². The number of ether oxygens (including phenoxy) is 1. The molecule has 0 radical (unpaired) electrons. The molecule has 21 heavy (non-hydrogen) atoms. The van der Waals surface area contributed by atoms with Crippen molar-refractivity contribution in [3.8, 4) is 0 Å². The summed E-state index contributed by atoms with van der Waals surface area (Å²) in [7, 11) is 0. The van der Waals surface area contributed by atoms with E-state index in [9.17, 15) is 10.2 Å². The predicted molar refractivity (Wildman–Crippen MR) is 86.5 cm³/mol. The van der Waals surface area contributed by atoms with Gasteiger partial charge in [0.05, 0.1) is 18.8 Å². The average Bonchev–Trinajstić information content (AvgIpc) is 2.49. The zero-order valence-corrected chi connectivity index (χ0v) is 13.7. The molecule has 0 spiro atoms. The lowest BCUT2D eigenvalue weighted by atomic mass is 9.92. The zero-order chi connectivity index (χ0) is 15.3. The topological polar surface area (TPSA) is 61.7 Å². The maximum atomic E-state index is 9.87. The van der Waals surface area contributed by atoms with Gasteiger partial charge in [0.15, 0.2) is 0 Å². The molecule has 0 aromatic heterocycles. The molecule has 0 bridgehead atoms. The van der Waals surface area contributed by atoms with Crippen molar-refractivity contribution in [2.24, 2.45) is 0 Å². The first-order chi connectivity index (χ1) is 10.2. The molecular weight excluding hydrogens is 266 g/mol. The van der Waals surface area contributed by atoms with Gasteiger partial charge >= 0.3 is 0 Å². The minimum atomic E-state index is -0.473. The summed E-state index contributed by atoms with van der Waals surface area (Å²) in [5.74, 6) is 0. The van der Waals surface area contributed by atoms with E-state index in [4.69, 9.17) is 4.74 Å². The molecule has 3 unspecified atom stereocenters. The van der Waals surface area contributed by atoms with E-state index in [2.05, 4.69) is 12.2 Å². The highest BCUT2D eigenvalue weighted by atomic mass is 16.5. The van der Waals surface area contributed by atoms with Crippen LogP contribution in [-0.2, 0) is 4.74 Å². The third-order valence-electron chi connectivity index (χ3n) is 4.30. The number of aliphatic hydroxyl groups excluding tert-OH is 2. The normalized spacial score (nSPS) is 24.1. The third-order valence-corrected chi connectivity index (χ3v) is 4.30. The fourth-order valence-corrected chi connectivity index (χ4v) is 2.90. The van der Waals surface area contributed by atoms with Crippen LogP contribution in [0.25, 0.3) is 0 Å². The maximum absolute atomic E-state index is 9.87. The number of hydrogen-bond acceptors (Lipinski definition) is 4. The molecule has 1 aliphatic rings. The molecule has 3 atom stereocenters. The second-order valence-electron chi connectivity index (χ2n) is 6.36. The van der Waals surface area contributed by atoms with E-state index in [1.165, 1.54) is 38.5 Å². The molecule has 0 aliphatic heterocycles. The first kappa shape index (κ1) is 18.9. The molecule has 0 saturated heterocycles. The van der Waals surface area contributed by atoms with E-state index in [0.717, 1.165) is 32.3 Å². The van der Waals surface area contributed by atoms with Crippen molar-refractivity contribution in [3.63, 3.8) is 0 Å². The summed E-state index contributed by atoms with van der Waals surface area (Å²) < 4.78 is 5.52. The van der Waals surface area contributed by atoms with Gasteiger partial charge in [-0.2, -0.15) is 0 Å². The summed E-state index contributed by atoms with van der Waals surface area (Å²) in [5, 5.41) is 23.0. The average molecular weight is 301 g/mol. The fraction of sp³-hybridized carbons (Fsp3) is 1.00. The van der Waals surface area contributed by atoms with Crippen molar-refractivity contribution in [2.45, 2.75) is 89.4 Å². The Balaban J connectivity index is 1.90. The molecule has 1 saturated carbocycles. The van der Waals surface area contributed by atoms with Gasteiger partial charge in [-0.05, 0) is 19.3 Å². The highest BCUT2D eigenvalue weighted by Crippen LogP contribution is 2.18. The van der Waals surface area contributed by atoms with Gasteiger partial charge < -0.3 is 20.3 Å². The fourth-order valence-electron chi connectivity index (χ4n) is 2.90. The van der Waals surface area contributed by atoms with Gasteiger partial charge in [0.1, 0.15) is 0 Å². The Morgan fingerprint density at radius 2 is 1.81 bits per heavy atom. The lowest BCUT2D eigenvalue weighted by Gasteiger charge is -2.29. The van der Waals surface area contributed by atoms with Crippen molar-refractivity contribution in [3.05, 3.63) is 0 Å². The van der Waals surface area contributed by atoms with Gasteiger partial charge in [-0.1, -0.05) is 51.9 Å². The molecule has 0 heterocycles. The Morgan fingerprint density at radius 3 is 2.57 bits per heavy atom. The summed E-state index contributed by atoms with van der Waals surface area (Å²) in [4.78, 5) is 0. The Labute approximate surface area is 130 Å². The lowest BCUT2D eigenvalue weighted by Crippen LogP contribution is -2.45. The summed E-state index contributed by atoms with van der Waals surface area (Å²) in [6.07, 6.45) is 11.0. The minimum Gasteiger partial charge on any atom is -0.392 e. The molecule has 0 amide bonds. The largest absolute Gasteiger partial charge is 0.392 e. The summed E-state index contributed by atoms with van der Waals surface area (Å²) in [5.41, 5.74) is 0. The number of rotatable bonds is 12. The van der Waals surface area contributed by atoms with Crippen molar-refractivity contribution in [1.29, 1.82) is 0 Å². The molecule has 4 heteroatoms. The second-order valence-corrected chi connectivity index (χ2v) is 6.36. The van der Waals surface area contributed by atoms with Crippen LogP contribution in [0.15, 0.2) is 0 Å². The van der Waals surface area contributed by atoms with Crippen molar-refractivity contribution < 1.29 is 14.9 Å². The maximum Gasteiger partial charge on any atom is 0.0897 e. The zero-order valence-electron chi connectivity index (χ0n) is 13.7. The molecule has 1 rings (SSSR count). The summed E-state index contributed by atoms with van der Waals surface area (Å²) in [6.45, 7) is 3.88. The van der Waals surface area contributed by atoms with E-state index in [1.807, 2.05) is 0 Å². The second kappa shape index (κ2) is 12.4. The molecule has 0 aromatic rings. The van der Waals surface area contributed by atoms with Crippen LogP contribution < -0.4 is 5.32 Å². The molecule has 1 aliphatic carbocycles. The first-order valence-corrected chi connectivity index (χ1v) is 8.91. The quantitative estimate of drug-likeness (QED) is 0.485. The number of aliphatic hydroxyl groups is 2. The molecule has 3 N–H and O–H groups in total. The van der Waals surface area contributed by atoms with E-state index < -0.39 is 6.10 Å². The Morgan fingerprint density at radius 1 is 1.10 bits per heavy atom. The molecular formula is C17H35NO3. The summed E-state index contributed by atoms with van der Waals surface area (Å²) >= 11 is 0. The number of nitrogens with one attached hydrogen (secondary N) is 1. The van der Waals surface area contributed by atoms with Gasteiger partial charge in [-0.25, -0.2) is 0 Å². The highest BCUT2D eigenvalue weighted by Gasteiger charge is 2.22. The SMILES string of the molecule is CCCCCCCCOCC(O)CNC1CCCCC1O. The Hall–Kier alpha value is -0.160. The van der Waals surface area contributed by atoms with Crippen molar-refractivity contribution >= 4 is 0 Å². The molecule has 0 aromatic carbocycles. The van der Waals surface area contributed by atoms with Crippen molar-refractivity contribution in [1.82, 2.24) is 5.32 Å². The molecule has 4 nitrogen and oxygen atoms in total. The van der Waals surface area contributed by atoms with Crippen LogP contribution in [0.4, 0.5) is 0 Å². The van der Waals surface area contributed by atoms with Gasteiger partial charge in [-0.15, -0.1) is 0 Å². The lowest BCUT2D eigenvalue weighted by molar-refractivity contribution is 0.0263. The minimum absolute atomic E-state index is 0.145. The molecule has 1 fully saturated rings. The van der Waals surface area contributed by atoms with Gasteiger partial charge in [0, 0.05) is 19.2 Å². The first-order valence-electron chi connectivity index (χ1n) is 8.91. The third kappa shape index (κ3) is 9.46. The highest BCUT2D eigenvalue weighted by molar-refractivity contribution is 4.81. The Bertz CT molecular complexity index is 238. The summed E-state index contributed by atoms with van der Waals surface area (Å²) in [6, 6.07) is 0.145. The van der Waals surface area contributed by atoms with Crippen LogP contribution in [0.1, 0.15) is 71.1 Å². The van der Waals surface area contributed by atoms with Crippen LogP contribution in [0.3, 0.4) is 0 Å². The number of unbranched alkanes of at least 4 members (excludes halogenated alkanes) is 5. The standard InChI is InChI=1S/C17H35NO3/c1-2-3-4-5-6-9-12-21-14-15(19)13-18-16-10-7-8-11-17(16)20/h15-20H,2-14H2,1H3. The Kier molecular flexibility index (Phi) is 11.1. The van der Waals surface area contributed by atoms with Crippen LogP contribution in [0.2, 0.25) is 0 Å². The number of hydrogen-bond donors (Lipinski definition) is 3. The smallest absolute Gasteiger partial charge is 0.0897 e. The van der Waals surface area contributed by atoms with Crippen LogP contribution >= 0.6 is 0 Å².